The van der Waals surface area contributed by atoms with Gasteiger partial charge in [-0.1, -0.05) is 13.8 Å². The van der Waals surface area contributed by atoms with Crippen LogP contribution in [0.25, 0.3) is 0 Å². The lowest BCUT2D eigenvalue weighted by Gasteiger charge is -2.37. The van der Waals surface area contributed by atoms with Gasteiger partial charge in [0.15, 0.2) is 0 Å². The predicted octanol–water partition coefficient (Wildman–Crippen LogP) is 0.831. The van der Waals surface area contributed by atoms with Gasteiger partial charge >= 0.3 is 6.09 Å². The van der Waals surface area contributed by atoms with E-state index < -0.39 is 12.1 Å². The number of carbonyl (C=O) groups is 2. The Labute approximate surface area is 114 Å². The van der Waals surface area contributed by atoms with E-state index in [-0.39, 0.29) is 17.9 Å². The average Bonchev–Trinajstić information content (AvgIpc) is 2.34. The molecule has 1 rings (SSSR count). The highest BCUT2D eigenvalue weighted by Crippen LogP contribution is 2.16. The molecule has 1 heterocycles. The highest BCUT2D eigenvalue weighted by molar-refractivity contribution is 5.85. The molecule has 1 unspecified atom stereocenters. The summed E-state index contributed by atoms with van der Waals surface area (Å²) in [6.07, 6.45) is 0.733. The van der Waals surface area contributed by atoms with Crippen LogP contribution in [-0.2, 0) is 4.79 Å². The van der Waals surface area contributed by atoms with Crippen LogP contribution in [0.5, 0.6) is 0 Å². The van der Waals surface area contributed by atoms with E-state index in [1.165, 1.54) is 0 Å². The second-order valence-corrected chi connectivity index (χ2v) is 5.65. The van der Waals surface area contributed by atoms with Crippen LogP contribution in [0, 0.1) is 5.92 Å². The molecule has 1 fully saturated rings. The molecule has 1 aliphatic rings. The third-order valence-corrected chi connectivity index (χ3v) is 3.80. The Hall–Kier alpha value is -1.30. The van der Waals surface area contributed by atoms with Crippen LogP contribution >= 0.6 is 0 Å². The molecule has 110 valence electrons. The second-order valence-electron chi connectivity index (χ2n) is 5.65. The first-order chi connectivity index (χ1) is 8.82. The monoisotopic (exact) mass is 271 g/mol. The minimum Gasteiger partial charge on any atom is -0.465 e. The van der Waals surface area contributed by atoms with Gasteiger partial charge in [0.05, 0.1) is 0 Å². The molecule has 2 N–H and O–H groups in total. The molecule has 0 aromatic heterocycles. The number of rotatable bonds is 4. The first kappa shape index (κ1) is 15.8. The maximum atomic E-state index is 12.4. The molecule has 0 spiro atoms. The van der Waals surface area contributed by atoms with Gasteiger partial charge < -0.3 is 20.2 Å². The molecule has 0 bridgehead atoms. The van der Waals surface area contributed by atoms with Gasteiger partial charge in [-0.05, 0) is 38.9 Å². The number of nitrogens with one attached hydrogen (secondary N) is 1. The summed E-state index contributed by atoms with van der Waals surface area (Å²) in [7, 11) is 3.85. The third kappa shape index (κ3) is 4.38. The van der Waals surface area contributed by atoms with E-state index in [1.807, 2.05) is 13.8 Å². The zero-order chi connectivity index (χ0) is 14.6. The number of carboxylic acid groups (broad SMARTS) is 1. The van der Waals surface area contributed by atoms with E-state index in [0.717, 1.165) is 25.9 Å². The van der Waals surface area contributed by atoms with Crippen molar-refractivity contribution in [3.05, 3.63) is 0 Å². The highest BCUT2D eigenvalue weighted by Gasteiger charge is 2.31. The smallest absolute Gasteiger partial charge is 0.405 e. The number of hydrogen-bond acceptors (Lipinski definition) is 3. The lowest BCUT2D eigenvalue weighted by Crippen LogP contribution is -2.54. The fraction of sp³-hybridized carbons (Fsp3) is 0.846. The van der Waals surface area contributed by atoms with Gasteiger partial charge in [0.2, 0.25) is 5.91 Å². The number of likely N-dealkylation sites (tertiary alicyclic amines) is 1. The summed E-state index contributed by atoms with van der Waals surface area (Å²) < 4.78 is 0. The quantitative estimate of drug-likeness (QED) is 0.794. The van der Waals surface area contributed by atoms with Crippen molar-refractivity contribution in [3.63, 3.8) is 0 Å². The topological polar surface area (TPSA) is 72.9 Å². The van der Waals surface area contributed by atoms with Crippen molar-refractivity contribution >= 4 is 12.0 Å². The third-order valence-electron chi connectivity index (χ3n) is 3.80. The minimum absolute atomic E-state index is 0.0580. The van der Waals surface area contributed by atoms with Gasteiger partial charge in [0, 0.05) is 13.1 Å². The first-order valence-corrected chi connectivity index (χ1v) is 6.77. The van der Waals surface area contributed by atoms with Crippen LogP contribution < -0.4 is 5.32 Å². The van der Waals surface area contributed by atoms with Crippen molar-refractivity contribution in [1.82, 2.24) is 15.1 Å². The van der Waals surface area contributed by atoms with Crippen molar-refractivity contribution in [3.8, 4) is 0 Å². The molecule has 0 radical (unpaired) electrons. The Bertz CT molecular complexity index is 325. The summed E-state index contributed by atoms with van der Waals surface area (Å²) in [5, 5.41) is 11.1. The first-order valence-electron chi connectivity index (χ1n) is 6.77. The fourth-order valence-corrected chi connectivity index (χ4v) is 2.43. The van der Waals surface area contributed by atoms with Crippen LogP contribution in [0.3, 0.4) is 0 Å². The standard InChI is InChI=1S/C13H25N3O3/c1-9(2)11(14-13(18)19)12(17)16(4)10-5-7-15(3)8-6-10/h9-11,14H,5-8H2,1-4H3,(H,18,19). The molecule has 19 heavy (non-hydrogen) atoms. The molecular formula is C13H25N3O3. The Kier molecular flexibility index (Phi) is 5.60. The van der Waals surface area contributed by atoms with Crippen molar-refractivity contribution < 1.29 is 14.7 Å². The molecule has 1 aliphatic heterocycles. The summed E-state index contributed by atoms with van der Waals surface area (Å²) in [4.78, 5) is 27.1. The molecule has 6 heteroatoms. The second kappa shape index (κ2) is 6.75. The summed E-state index contributed by atoms with van der Waals surface area (Å²) in [5.41, 5.74) is 0. The number of amides is 2. The van der Waals surface area contributed by atoms with Gasteiger partial charge in [-0.25, -0.2) is 4.79 Å². The van der Waals surface area contributed by atoms with Gasteiger partial charge in [-0.3, -0.25) is 4.79 Å². The van der Waals surface area contributed by atoms with Gasteiger partial charge in [-0.15, -0.1) is 0 Å². The maximum absolute atomic E-state index is 12.4. The normalized spacial score (nSPS) is 19.2. The molecule has 0 aliphatic carbocycles. The summed E-state index contributed by atoms with van der Waals surface area (Å²) in [6.45, 7) is 5.64. The van der Waals surface area contributed by atoms with Crippen molar-refractivity contribution in [2.45, 2.75) is 38.8 Å². The number of nitrogens with zero attached hydrogens (tertiary/aromatic N) is 2. The van der Waals surface area contributed by atoms with Crippen molar-refractivity contribution in [2.75, 3.05) is 27.2 Å². The SMILES string of the molecule is CC(C)C(NC(=O)O)C(=O)N(C)C1CCN(C)CC1. The van der Waals surface area contributed by atoms with Gasteiger partial charge in [0.25, 0.3) is 0 Å². The fourth-order valence-electron chi connectivity index (χ4n) is 2.43. The molecule has 0 aromatic rings. The van der Waals surface area contributed by atoms with Crippen LogP contribution in [0.4, 0.5) is 4.79 Å². The summed E-state index contributed by atoms with van der Waals surface area (Å²) in [6, 6.07) is -0.456. The Balaban J connectivity index is 2.65. The molecule has 1 saturated heterocycles. The zero-order valence-corrected chi connectivity index (χ0v) is 12.2. The minimum atomic E-state index is -1.15. The zero-order valence-electron chi connectivity index (χ0n) is 12.2. The predicted molar refractivity (Wildman–Crippen MR) is 73.1 cm³/mol. The molecule has 1 atom stereocenters. The number of carbonyl (C=O) groups excluding carboxylic acids is 1. The van der Waals surface area contributed by atoms with E-state index >= 15 is 0 Å². The number of likely N-dealkylation sites (N-methyl/N-ethyl adjacent to an activating group) is 1. The van der Waals surface area contributed by atoms with E-state index in [9.17, 15) is 9.59 Å². The number of piperidine rings is 1. The van der Waals surface area contributed by atoms with Crippen molar-refractivity contribution in [1.29, 1.82) is 0 Å². The Morgan fingerprint density at radius 3 is 2.26 bits per heavy atom. The van der Waals surface area contributed by atoms with Crippen LogP contribution in [0.2, 0.25) is 0 Å². The van der Waals surface area contributed by atoms with Crippen LogP contribution in [0.15, 0.2) is 0 Å². The van der Waals surface area contributed by atoms with E-state index in [0.29, 0.717) is 0 Å². The molecular weight excluding hydrogens is 246 g/mol. The van der Waals surface area contributed by atoms with Crippen molar-refractivity contribution in [2.24, 2.45) is 5.92 Å². The lowest BCUT2D eigenvalue weighted by molar-refractivity contribution is -0.136. The van der Waals surface area contributed by atoms with E-state index in [4.69, 9.17) is 5.11 Å². The Morgan fingerprint density at radius 2 is 1.84 bits per heavy atom. The van der Waals surface area contributed by atoms with E-state index in [1.54, 1.807) is 11.9 Å². The van der Waals surface area contributed by atoms with Crippen LogP contribution in [-0.4, -0.2) is 66.2 Å². The van der Waals surface area contributed by atoms with Gasteiger partial charge in [0.1, 0.15) is 6.04 Å². The number of hydrogen-bond donors (Lipinski definition) is 2. The molecule has 6 nitrogen and oxygen atoms in total. The highest BCUT2D eigenvalue weighted by atomic mass is 16.4. The largest absolute Gasteiger partial charge is 0.465 e. The molecule has 0 aromatic carbocycles. The Morgan fingerprint density at radius 1 is 1.32 bits per heavy atom. The van der Waals surface area contributed by atoms with Crippen LogP contribution in [0.1, 0.15) is 26.7 Å². The molecule has 2 amide bonds. The maximum Gasteiger partial charge on any atom is 0.405 e. The van der Waals surface area contributed by atoms with E-state index in [2.05, 4.69) is 17.3 Å². The summed E-state index contributed by atoms with van der Waals surface area (Å²) >= 11 is 0. The average molecular weight is 271 g/mol. The van der Waals surface area contributed by atoms with Gasteiger partial charge in [-0.2, -0.15) is 0 Å². The molecule has 0 saturated carbocycles. The summed E-state index contributed by atoms with van der Waals surface area (Å²) in [5.74, 6) is -0.190. The lowest BCUT2D eigenvalue weighted by atomic mass is 9.99.